The van der Waals surface area contributed by atoms with E-state index < -0.39 is 13.1 Å². The van der Waals surface area contributed by atoms with Crippen molar-refractivity contribution in [3.8, 4) is 0 Å². The number of nitrogens with one attached hydrogen (secondary N) is 1. The van der Waals surface area contributed by atoms with Crippen molar-refractivity contribution in [2.45, 2.75) is 13.8 Å². The molecule has 1 aromatic carbocycles. The molecule has 0 spiro atoms. The molecule has 0 amide bonds. The first-order valence-corrected chi connectivity index (χ1v) is 6.10. The predicted octanol–water partition coefficient (Wildman–Crippen LogP) is 0.812. The molecule has 0 unspecified atom stereocenters. The third-order valence-corrected chi connectivity index (χ3v) is 2.74. The van der Waals surface area contributed by atoms with Crippen LogP contribution in [0.3, 0.4) is 0 Å². The molecule has 5 nitrogen and oxygen atoms in total. The number of hydrogen-bond acceptors (Lipinski definition) is 5. The van der Waals surface area contributed by atoms with Crippen LogP contribution in [0.1, 0.15) is 13.8 Å². The van der Waals surface area contributed by atoms with Gasteiger partial charge in [0.05, 0.1) is 6.61 Å². The second kappa shape index (κ2) is 7.18. The quantitative estimate of drug-likeness (QED) is 0.423. The minimum Gasteiger partial charge on any atom is -0.462 e. The molecule has 0 aliphatic rings. The molecule has 0 atom stereocenters. The Morgan fingerprint density at radius 3 is 2.74 bits per heavy atom. The van der Waals surface area contributed by atoms with Crippen LogP contribution in [0.25, 0.3) is 0 Å². The van der Waals surface area contributed by atoms with Crippen LogP contribution in [-0.4, -0.2) is 29.7 Å². The highest BCUT2D eigenvalue weighted by molar-refractivity contribution is 6.58. The highest BCUT2D eigenvalue weighted by Crippen LogP contribution is 2.15. The number of esters is 1. The van der Waals surface area contributed by atoms with Gasteiger partial charge in [-0.1, -0.05) is 23.7 Å². The average molecular weight is 284 g/mol. The fourth-order valence-electron chi connectivity index (χ4n) is 1.40. The van der Waals surface area contributed by atoms with Gasteiger partial charge in [0, 0.05) is 11.4 Å². The summed E-state index contributed by atoms with van der Waals surface area (Å²) in [5.74, 6) is -0.604. The van der Waals surface area contributed by atoms with Crippen LogP contribution in [-0.2, 0) is 9.53 Å². The van der Waals surface area contributed by atoms with Crippen molar-refractivity contribution in [2.75, 3.05) is 11.9 Å². The molecule has 1 rings (SSSR count). The summed E-state index contributed by atoms with van der Waals surface area (Å²) < 4.78 is 4.78. The Balaban J connectivity index is 2.86. The Morgan fingerprint density at radius 2 is 2.16 bits per heavy atom. The lowest BCUT2D eigenvalue weighted by Crippen LogP contribution is -2.29. The van der Waals surface area contributed by atoms with Gasteiger partial charge in [-0.3, -0.25) is 0 Å². The van der Waals surface area contributed by atoms with Crippen molar-refractivity contribution in [2.24, 2.45) is 0 Å². The van der Waals surface area contributed by atoms with Crippen LogP contribution >= 0.6 is 11.6 Å². The molecule has 0 fully saturated rings. The fraction of sp³-hybridized carbons (Fsp3) is 0.250. The van der Waals surface area contributed by atoms with Gasteiger partial charge >= 0.3 is 13.1 Å². The van der Waals surface area contributed by atoms with E-state index in [0.29, 0.717) is 16.8 Å². The Labute approximate surface area is 117 Å². The topological polar surface area (TPSA) is 78.8 Å². The molecule has 1 aromatic rings. The lowest BCUT2D eigenvalue weighted by molar-refractivity contribution is -0.137. The number of ether oxygens (including phenoxy) is 1. The van der Waals surface area contributed by atoms with Gasteiger partial charge in [0.2, 0.25) is 0 Å². The van der Waals surface area contributed by atoms with Crippen LogP contribution in [0.5, 0.6) is 0 Å². The molecule has 0 saturated carbocycles. The zero-order chi connectivity index (χ0) is 14.4. The minimum atomic E-state index is -1.55. The summed E-state index contributed by atoms with van der Waals surface area (Å²) in [4.78, 5) is 11.4. The minimum absolute atomic E-state index is 0.0446. The van der Waals surface area contributed by atoms with Gasteiger partial charge in [0.15, 0.2) is 0 Å². The van der Waals surface area contributed by atoms with E-state index >= 15 is 0 Å². The van der Waals surface area contributed by atoms with Gasteiger partial charge in [-0.25, -0.2) is 4.79 Å². The third-order valence-electron chi connectivity index (χ3n) is 2.30. The largest absolute Gasteiger partial charge is 0.488 e. The van der Waals surface area contributed by atoms with Crippen LogP contribution in [0, 0.1) is 0 Å². The van der Waals surface area contributed by atoms with Crippen molar-refractivity contribution in [3.05, 3.63) is 35.0 Å². The summed E-state index contributed by atoms with van der Waals surface area (Å²) in [6.45, 7) is 3.56. The highest BCUT2D eigenvalue weighted by Gasteiger charge is 2.13. The molecular weight excluding hydrogens is 268 g/mol. The lowest BCUT2D eigenvalue weighted by atomic mass is 9.80. The third kappa shape index (κ3) is 4.59. The molecule has 0 aliphatic heterocycles. The normalized spacial score (nSPS) is 11.6. The maximum absolute atomic E-state index is 11.4. The summed E-state index contributed by atoms with van der Waals surface area (Å²) in [6, 6.07) is 6.48. The lowest BCUT2D eigenvalue weighted by Gasteiger charge is -2.10. The number of rotatable bonds is 5. The summed E-state index contributed by atoms with van der Waals surface area (Å²) in [7, 11) is -1.55. The van der Waals surface area contributed by atoms with Crippen molar-refractivity contribution in [3.63, 3.8) is 0 Å². The van der Waals surface area contributed by atoms with E-state index in [1.54, 1.807) is 38.1 Å². The summed E-state index contributed by atoms with van der Waals surface area (Å²) in [6.07, 6.45) is 0. The first-order chi connectivity index (χ1) is 8.95. The van der Waals surface area contributed by atoms with Gasteiger partial charge in [-0.15, -0.1) is 0 Å². The highest BCUT2D eigenvalue weighted by atomic mass is 35.5. The maximum atomic E-state index is 11.4. The predicted molar refractivity (Wildman–Crippen MR) is 75.1 cm³/mol. The molecule has 102 valence electrons. The van der Waals surface area contributed by atoms with Crippen LogP contribution in [0.2, 0.25) is 0 Å². The van der Waals surface area contributed by atoms with Crippen LogP contribution in [0.4, 0.5) is 5.69 Å². The second-order valence-electron chi connectivity index (χ2n) is 3.78. The molecule has 0 heterocycles. The average Bonchev–Trinajstić information content (AvgIpc) is 2.38. The van der Waals surface area contributed by atoms with Crippen molar-refractivity contribution < 1.29 is 19.6 Å². The number of halogens is 1. The maximum Gasteiger partial charge on any atom is 0.488 e. The smallest absolute Gasteiger partial charge is 0.462 e. The van der Waals surface area contributed by atoms with Crippen molar-refractivity contribution in [1.82, 2.24) is 0 Å². The van der Waals surface area contributed by atoms with E-state index in [-0.39, 0.29) is 11.6 Å². The Hall–Kier alpha value is -1.50. The molecule has 0 aliphatic carbocycles. The number of carbonyl (C=O) groups is 1. The fourth-order valence-corrected chi connectivity index (χ4v) is 1.50. The van der Waals surface area contributed by atoms with Gasteiger partial charge in [0.1, 0.15) is 5.03 Å². The molecule has 0 bridgehead atoms. The summed E-state index contributed by atoms with van der Waals surface area (Å²) in [5, 5.41) is 21.0. The van der Waals surface area contributed by atoms with Crippen molar-refractivity contribution in [1.29, 1.82) is 0 Å². The molecule has 0 radical (unpaired) electrons. The molecule has 3 N–H and O–H groups in total. The van der Waals surface area contributed by atoms with Crippen LogP contribution in [0.15, 0.2) is 35.0 Å². The standard InChI is InChI=1S/C12H15BClNO4/c1-3-19-12(16)11(14)8(2)15-10-6-4-5-9(7-10)13(17)18/h4-7,15,17-18H,3H2,1-2H3/b11-8-. The zero-order valence-corrected chi connectivity index (χ0v) is 11.4. The first-order valence-electron chi connectivity index (χ1n) is 5.72. The Bertz CT molecular complexity index is 490. The zero-order valence-electron chi connectivity index (χ0n) is 10.7. The number of carbonyl (C=O) groups excluding carboxylic acids is 1. The first kappa shape index (κ1) is 15.6. The Kier molecular flexibility index (Phi) is 5.88. The van der Waals surface area contributed by atoms with Gasteiger partial charge in [-0.2, -0.15) is 0 Å². The van der Waals surface area contributed by atoms with E-state index in [2.05, 4.69) is 5.32 Å². The summed E-state index contributed by atoms with van der Waals surface area (Å²) in [5.41, 5.74) is 1.35. The number of anilines is 1. The van der Waals surface area contributed by atoms with E-state index in [1.807, 2.05) is 0 Å². The monoisotopic (exact) mass is 283 g/mol. The van der Waals surface area contributed by atoms with Gasteiger partial charge < -0.3 is 20.1 Å². The van der Waals surface area contributed by atoms with Crippen LogP contribution < -0.4 is 10.8 Å². The SMILES string of the molecule is CCOC(=O)/C(Cl)=C(\C)Nc1cccc(B(O)O)c1. The second-order valence-corrected chi connectivity index (χ2v) is 4.16. The van der Waals surface area contributed by atoms with E-state index in [0.717, 1.165) is 0 Å². The van der Waals surface area contributed by atoms with Gasteiger partial charge in [-0.05, 0) is 31.4 Å². The van der Waals surface area contributed by atoms with E-state index in [9.17, 15) is 4.79 Å². The Morgan fingerprint density at radius 1 is 1.47 bits per heavy atom. The number of benzene rings is 1. The number of hydrogen-bond donors (Lipinski definition) is 3. The van der Waals surface area contributed by atoms with E-state index in [4.69, 9.17) is 26.4 Å². The molecular formula is C12H15BClNO4. The molecule has 0 saturated heterocycles. The summed E-state index contributed by atoms with van der Waals surface area (Å²) >= 11 is 5.86. The number of allylic oxidation sites excluding steroid dienone is 1. The molecule has 7 heteroatoms. The van der Waals surface area contributed by atoms with Gasteiger partial charge in [0.25, 0.3) is 0 Å². The molecule has 19 heavy (non-hydrogen) atoms. The van der Waals surface area contributed by atoms with Crippen molar-refractivity contribution >= 4 is 35.8 Å². The van der Waals surface area contributed by atoms with E-state index in [1.165, 1.54) is 0 Å². The molecule has 0 aromatic heterocycles.